The van der Waals surface area contributed by atoms with E-state index in [1.165, 1.54) is 19.8 Å². The lowest BCUT2D eigenvalue weighted by molar-refractivity contribution is -0.141. The van der Waals surface area contributed by atoms with Crippen LogP contribution in [0.25, 0.3) is 11.1 Å². The molecule has 4 aromatic rings. The zero-order valence-electron chi connectivity index (χ0n) is 34.2. The van der Waals surface area contributed by atoms with Gasteiger partial charge in [0.05, 0.1) is 13.0 Å². The van der Waals surface area contributed by atoms with E-state index in [4.69, 9.17) is 29.7 Å². The van der Waals surface area contributed by atoms with Gasteiger partial charge in [0, 0.05) is 66.2 Å². The van der Waals surface area contributed by atoms with Gasteiger partial charge in [-0.3, -0.25) is 4.79 Å². The minimum Gasteiger partial charge on any atom is -0.508 e. The van der Waals surface area contributed by atoms with Gasteiger partial charge in [-0.15, -0.1) is 0 Å². The van der Waals surface area contributed by atoms with Crippen molar-refractivity contribution in [1.82, 2.24) is 15.6 Å². The number of ether oxygens (including phenoxy) is 4. The molecule has 3 heterocycles. The number of rotatable bonds is 10. The minimum absolute atomic E-state index is 0.0147. The molecule has 0 amide bonds. The smallest absolute Gasteiger partial charge is 0.302 e. The fraction of sp³-hybridized carbons (Fsp3) is 0.458. The van der Waals surface area contributed by atoms with Crippen molar-refractivity contribution in [3.8, 4) is 51.7 Å². The molecule has 1 spiro atoms. The Balaban J connectivity index is 1.22. The lowest BCUT2D eigenvalue weighted by atomic mass is 9.65. The average molecular weight is 799 g/mol. The van der Waals surface area contributed by atoms with E-state index in [0.29, 0.717) is 54.5 Å². The van der Waals surface area contributed by atoms with Crippen LogP contribution in [0.1, 0.15) is 103 Å². The number of nitrogens with zero attached hydrogens (tertiary/aromatic N) is 1. The number of aromatic nitrogens is 1. The molecular formula is C48H54N4O7. The number of hydrogen-bond acceptors (Lipinski definition) is 11. The molecule has 1 aromatic heterocycles. The zero-order chi connectivity index (χ0) is 40.8. The third-order valence-electron chi connectivity index (χ3n) is 13.3. The first kappa shape index (κ1) is 39.0. The predicted octanol–water partition coefficient (Wildman–Crippen LogP) is 6.77. The minimum atomic E-state index is -0.599. The van der Waals surface area contributed by atoms with Crippen molar-refractivity contribution >= 4 is 11.8 Å². The van der Waals surface area contributed by atoms with E-state index < -0.39 is 6.10 Å². The Hall–Kier alpha value is -5.44. The first-order chi connectivity index (χ1) is 28.6. The van der Waals surface area contributed by atoms with E-state index >= 15 is 0 Å². The number of esters is 1. The van der Waals surface area contributed by atoms with E-state index in [-0.39, 0.29) is 47.9 Å². The molecule has 5 aliphatic rings. The first-order valence-corrected chi connectivity index (χ1v) is 21.2. The second kappa shape index (κ2) is 16.0. The summed E-state index contributed by atoms with van der Waals surface area (Å²) in [5.41, 5.74) is 14.4. The van der Waals surface area contributed by atoms with E-state index in [9.17, 15) is 15.0 Å². The molecule has 3 aliphatic carbocycles. The van der Waals surface area contributed by atoms with Crippen LogP contribution >= 0.6 is 0 Å². The molecule has 2 aliphatic heterocycles. The van der Waals surface area contributed by atoms with Gasteiger partial charge in [-0.2, -0.15) is 0 Å². The second-order valence-corrected chi connectivity index (χ2v) is 17.2. The highest BCUT2D eigenvalue weighted by atomic mass is 16.5. The van der Waals surface area contributed by atoms with Crippen LogP contribution in [-0.4, -0.2) is 67.2 Å². The summed E-state index contributed by atoms with van der Waals surface area (Å²) in [6.45, 7) is 2.73. The number of anilines is 1. The maximum Gasteiger partial charge on any atom is 0.302 e. The maximum absolute atomic E-state index is 12.5. The van der Waals surface area contributed by atoms with Gasteiger partial charge in [-0.1, -0.05) is 37.0 Å². The Labute approximate surface area is 346 Å². The SMILES string of the molecule is CNC[C@H](CNC1CCCC1)Oc1cc2c(cc1O)CC#Cc1nc(N)ccc1C[C@@H]1CC[C@]3(Cc4cc(O)cc(OC)c4-c4ccc5c(c43)O[C@H]2[C@@H]5COC(C)=O)C1. The number of nitrogens with one attached hydrogen (secondary N) is 2. The van der Waals surface area contributed by atoms with Gasteiger partial charge in [0.2, 0.25) is 0 Å². The lowest BCUT2D eigenvalue weighted by Gasteiger charge is -2.39. The van der Waals surface area contributed by atoms with Crippen molar-refractivity contribution in [2.24, 2.45) is 5.92 Å². The number of hydrogen-bond donors (Lipinski definition) is 5. The molecule has 3 aromatic carbocycles. The molecule has 2 saturated carbocycles. The molecule has 0 radical (unpaired) electrons. The van der Waals surface area contributed by atoms with Crippen molar-refractivity contribution in [3.05, 3.63) is 87.6 Å². The van der Waals surface area contributed by atoms with Gasteiger partial charge in [-0.25, -0.2) is 4.98 Å². The summed E-state index contributed by atoms with van der Waals surface area (Å²) < 4.78 is 25.8. The van der Waals surface area contributed by atoms with Crippen LogP contribution < -0.4 is 30.6 Å². The molecule has 59 heavy (non-hydrogen) atoms. The monoisotopic (exact) mass is 798 g/mol. The first-order valence-electron chi connectivity index (χ1n) is 21.2. The Morgan fingerprint density at radius 3 is 2.68 bits per heavy atom. The topological polar surface area (TPSA) is 157 Å². The number of carbonyl (C=O) groups is 1. The fourth-order valence-electron chi connectivity index (χ4n) is 10.7. The van der Waals surface area contributed by atoms with Crippen molar-refractivity contribution in [1.29, 1.82) is 0 Å². The molecule has 6 N–H and O–H groups in total. The van der Waals surface area contributed by atoms with Crippen LogP contribution in [0, 0.1) is 17.8 Å². The summed E-state index contributed by atoms with van der Waals surface area (Å²) in [5.74, 6) is 8.68. The van der Waals surface area contributed by atoms with Crippen LogP contribution in [0.2, 0.25) is 0 Å². The highest BCUT2D eigenvalue weighted by Crippen LogP contribution is 2.62. The number of likely N-dealkylation sites (N-methyl/N-ethyl adjacent to an activating group) is 1. The third kappa shape index (κ3) is 7.42. The summed E-state index contributed by atoms with van der Waals surface area (Å²) >= 11 is 0. The van der Waals surface area contributed by atoms with E-state index in [0.717, 1.165) is 88.8 Å². The summed E-state index contributed by atoms with van der Waals surface area (Å²) in [6.07, 6.45) is 8.47. The van der Waals surface area contributed by atoms with Crippen molar-refractivity contribution in [2.75, 3.05) is 39.6 Å². The molecule has 2 fully saturated rings. The maximum atomic E-state index is 12.5. The number of phenols is 2. The number of nitrogens with two attached hydrogens (primary N) is 1. The van der Waals surface area contributed by atoms with Gasteiger partial charge in [-0.05, 0) is 110 Å². The second-order valence-electron chi connectivity index (χ2n) is 17.2. The highest BCUT2D eigenvalue weighted by molar-refractivity contribution is 5.84. The van der Waals surface area contributed by atoms with Crippen LogP contribution in [0.3, 0.4) is 0 Å². The van der Waals surface area contributed by atoms with Crippen molar-refractivity contribution in [2.45, 2.75) is 101 Å². The quantitative estimate of drug-likeness (QED) is 0.0852. The number of nitrogen functional groups attached to an aromatic ring is 1. The summed E-state index contributed by atoms with van der Waals surface area (Å²) in [4.78, 5) is 17.2. The van der Waals surface area contributed by atoms with E-state index in [1.54, 1.807) is 19.2 Å². The number of methoxy groups -OCH3 is 1. The number of carbonyl (C=O) groups excluding carboxylic acids is 1. The number of benzene rings is 3. The van der Waals surface area contributed by atoms with Gasteiger partial charge < -0.3 is 45.5 Å². The van der Waals surface area contributed by atoms with Crippen LogP contribution in [0.5, 0.6) is 28.7 Å². The molecule has 11 heteroatoms. The molecule has 308 valence electrons. The molecule has 11 nitrogen and oxygen atoms in total. The fourth-order valence-corrected chi connectivity index (χ4v) is 10.7. The summed E-state index contributed by atoms with van der Waals surface area (Å²) in [7, 11) is 3.54. The number of phenolic OH excluding ortho intramolecular Hbond substituents is 2. The van der Waals surface area contributed by atoms with Crippen molar-refractivity contribution in [3.63, 3.8) is 0 Å². The zero-order valence-corrected chi connectivity index (χ0v) is 34.2. The highest BCUT2D eigenvalue weighted by Gasteiger charge is 2.51. The Morgan fingerprint density at radius 1 is 1.03 bits per heavy atom. The predicted molar refractivity (Wildman–Crippen MR) is 225 cm³/mol. The lowest BCUT2D eigenvalue weighted by Crippen LogP contribution is -2.41. The van der Waals surface area contributed by atoms with E-state index in [1.807, 2.05) is 25.2 Å². The van der Waals surface area contributed by atoms with E-state index in [2.05, 4.69) is 40.7 Å². The largest absolute Gasteiger partial charge is 0.508 e. The molecular weight excluding hydrogens is 745 g/mol. The van der Waals surface area contributed by atoms with Gasteiger partial charge in [0.25, 0.3) is 0 Å². The third-order valence-corrected chi connectivity index (χ3v) is 13.3. The van der Waals surface area contributed by atoms with Gasteiger partial charge in [0.15, 0.2) is 11.5 Å². The van der Waals surface area contributed by atoms with Crippen LogP contribution in [0.4, 0.5) is 5.82 Å². The Morgan fingerprint density at radius 2 is 1.88 bits per heavy atom. The molecule has 9 rings (SSSR count). The van der Waals surface area contributed by atoms with Crippen LogP contribution in [0.15, 0.2) is 48.5 Å². The standard InChI is InChI=1S/C48H54N4O7/c1-27(53)57-26-38-35-12-13-36-44-31(18-33(54)20-42(44)56-3)23-48-16-15-28(22-48)17-30-11-14-43(49)52-39(30)10-6-7-29-19-40(55)41(21-37(29)46(38)59-47(35)45(36)48)58-34(24-50-2)25-51-32-8-4-5-9-32/h11-14,18-21,28,32,34,38,46,50-51,54-55H,4-5,7-9,15-17,22-26H2,1-3H3,(H2,49,52)/t28-,34+,38+,46+,48+/m0/s1. The Bertz CT molecular complexity index is 2350. The molecule has 5 atom stereocenters. The average Bonchev–Trinajstić information content (AvgIpc) is 3.97. The molecule has 0 saturated heterocycles. The number of fused-ring (bicyclic) bond motifs is 7. The Kier molecular flexibility index (Phi) is 10.6. The van der Waals surface area contributed by atoms with Crippen LogP contribution in [-0.2, 0) is 34.2 Å². The van der Waals surface area contributed by atoms with Gasteiger partial charge >= 0.3 is 5.97 Å². The number of aromatic hydroxyl groups is 2. The summed E-state index contributed by atoms with van der Waals surface area (Å²) in [6, 6.07) is 15.8. The van der Waals surface area contributed by atoms with Gasteiger partial charge in [0.1, 0.15) is 47.6 Å². The normalized spacial score (nSPS) is 23.0. The molecule has 0 unspecified atom stereocenters. The van der Waals surface area contributed by atoms with Crippen molar-refractivity contribution < 1.29 is 34.0 Å². The number of pyridine rings is 1. The summed E-state index contributed by atoms with van der Waals surface area (Å²) in [5, 5.41) is 29.5. The molecule has 4 bridgehead atoms.